The van der Waals surface area contributed by atoms with Gasteiger partial charge in [0, 0.05) is 18.7 Å². The molecule has 1 aromatic carbocycles. The molecule has 4 heteroatoms. The first-order valence-electron chi connectivity index (χ1n) is 7.90. The SMILES string of the molecule is C[C@@H](NC1CCOC2(CCSCC2)C1)c1cccc(F)c1. The Balaban J connectivity index is 1.61. The molecule has 1 unspecified atom stereocenters. The Morgan fingerprint density at radius 2 is 2.19 bits per heavy atom. The lowest BCUT2D eigenvalue weighted by Crippen LogP contribution is -2.49. The van der Waals surface area contributed by atoms with E-state index in [1.807, 2.05) is 17.8 Å². The van der Waals surface area contributed by atoms with Crippen molar-refractivity contribution in [2.24, 2.45) is 0 Å². The molecule has 2 aliphatic heterocycles. The van der Waals surface area contributed by atoms with E-state index in [0.717, 1.165) is 25.0 Å². The molecule has 21 heavy (non-hydrogen) atoms. The Bertz CT molecular complexity index is 470. The van der Waals surface area contributed by atoms with Crippen LogP contribution in [0.2, 0.25) is 0 Å². The van der Waals surface area contributed by atoms with Crippen LogP contribution in [0.4, 0.5) is 4.39 Å². The van der Waals surface area contributed by atoms with Gasteiger partial charge in [-0.05, 0) is 61.8 Å². The minimum absolute atomic E-state index is 0.100. The highest BCUT2D eigenvalue weighted by atomic mass is 32.2. The van der Waals surface area contributed by atoms with Crippen LogP contribution in [0.3, 0.4) is 0 Å². The molecular weight excluding hydrogens is 285 g/mol. The number of nitrogens with one attached hydrogen (secondary N) is 1. The molecule has 3 rings (SSSR count). The van der Waals surface area contributed by atoms with E-state index in [1.54, 1.807) is 12.1 Å². The lowest BCUT2D eigenvalue weighted by molar-refractivity contribution is -0.0940. The topological polar surface area (TPSA) is 21.3 Å². The highest BCUT2D eigenvalue weighted by Gasteiger charge is 2.38. The average Bonchev–Trinajstić information content (AvgIpc) is 2.48. The summed E-state index contributed by atoms with van der Waals surface area (Å²) in [5.41, 5.74) is 1.12. The van der Waals surface area contributed by atoms with Crippen molar-refractivity contribution in [2.75, 3.05) is 18.1 Å². The molecule has 1 N–H and O–H groups in total. The fraction of sp³-hybridized carbons (Fsp3) is 0.647. The highest BCUT2D eigenvalue weighted by molar-refractivity contribution is 7.99. The molecule has 1 spiro atoms. The van der Waals surface area contributed by atoms with Gasteiger partial charge in [0.1, 0.15) is 5.82 Å². The van der Waals surface area contributed by atoms with Gasteiger partial charge in [0.25, 0.3) is 0 Å². The third kappa shape index (κ3) is 3.79. The second kappa shape index (κ2) is 6.67. The third-order valence-corrected chi connectivity index (χ3v) is 5.72. The van der Waals surface area contributed by atoms with Crippen molar-refractivity contribution in [3.05, 3.63) is 35.6 Å². The van der Waals surface area contributed by atoms with Gasteiger partial charge in [-0.2, -0.15) is 11.8 Å². The van der Waals surface area contributed by atoms with Crippen LogP contribution in [0.5, 0.6) is 0 Å². The van der Waals surface area contributed by atoms with E-state index in [1.165, 1.54) is 30.4 Å². The van der Waals surface area contributed by atoms with Crippen molar-refractivity contribution in [3.63, 3.8) is 0 Å². The van der Waals surface area contributed by atoms with Crippen LogP contribution in [0.1, 0.15) is 44.2 Å². The standard InChI is InChI=1S/C17H24FNOS/c1-13(14-3-2-4-15(18)11-14)19-16-5-8-20-17(12-16)6-9-21-10-7-17/h2-4,11,13,16,19H,5-10,12H2,1H3/t13-,16?/m1/s1. The monoisotopic (exact) mass is 309 g/mol. The van der Waals surface area contributed by atoms with Crippen LogP contribution in [0.25, 0.3) is 0 Å². The molecule has 0 aliphatic carbocycles. The number of ether oxygens (including phenoxy) is 1. The van der Waals surface area contributed by atoms with E-state index in [-0.39, 0.29) is 17.5 Å². The zero-order valence-corrected chi connectivity index (χ0v) is 13.4. The van der Waals surface area contributed by atoms with E-state index in [4.69, 9.17) is 4.74 Å². The predicted octanol–water partition coefficient (Wildman–Crippen LogP) is 3.92. The van der Waals surface area contributed by atoms with Crippen LogP contribution >= 0.6 is 11.8 Å². The van der Waals surface area contributed by atoms with Crippen LogP contribution in [0.15, 0.2) is 24.3 Å². The van der Waals surface area contributed by atoms with Gasteiger partial charge < -0.3 is 10.1 Å². The first-order chi connectivity index (χ1) is 10.2. The number of benzene rings is 1. The largest absolute Gasteiger partial charge is 0.375 e. The summed E-state index contributed by atoms with van der Waals surface area (Å²) in [5, 5.41) is 3.68. The Morgan fingerprint density at radius 1 is 1.38 bits per heavy atom. The maximum Gasteiger partial charge on any atom is 0.123 e. The van der Waals surface area contributed by atoms with Crippen LogP contribution in [0, 0.1) is 5.82 Å². The second-order valence-corrected chi connectivity index (χ2v) is 7.50. The minimum atomic E-state index is -0.158. The molecule has 2 atom stereocenters. The van der Waals surface area contributed by atoms with Crippen molar-refractivity contribution in [1.29, 1.82) is 0 Å². The van der Waals surface area contributed by atoms with Crippen LogP contribution < -0.4 is 5.32 Å². The molecule has 2 saturated heterocycles. The number of hydrogen-bond acceptors (Lipinski definition) is 3. The van der Waals surface area contributed by atoms with E-state index in [2.05, 4.69) is 12.2 Å². The summed E-state index contributed by atoms with van der Waals surface area (Å²) in [7, 11) is 0. The predicted molar refractivity (Wildman–Crippen MR) is 86.2 cm³/mol. The number of thioether (sulfide) groups is 1. The molecular formula is C17H24FNOS. The summed E-state index contributed by atoms with van der Waals surface area (Å²) in [4.78, 5) is 0. The zero-order valence-electron chi connectivity index (χ0n) is 12.6. The van der Waals surface area contributed by atoms with E-state index >= 15 is 0 Å². The molecule has 2 heterocycles. The maximum absolute atomic E-state index is 13.3. The van der Waals surface area contributed by atoms with Gasteiger partial charge >= 0.3 is 0 Å². The normalized spacial score (nSPS) is 26.7. The van der Waals surface area contributed by atoms with Crippen molar-refractivity contribution >= 4 is 11.8 Å². The molecule has 0 aromatic heterocycles. The molecule has 0 radical (unpaired) electrons. The van der Waals surface area contributed by atoms with Crippen LogP contribution in [-0.4, -0.2) is 29.8 Å². The molecule has 2 fully saturated rings. The summed E-state index contributed by atoms with van der Waals surface area (Å²) in [5.74, 6) is 2.27. The Labute approximate surface area is 130 Å². The van der Waals surface area contributed by atoms with Gasteiger partial charge in [0.2, 0.25) is 0 Å². The number of halogens is 1. The summed E-state index contributed by atoms with van der Waals surface area (Å²) < 4.78 is 19.5. The zero-order chi connectivity index (χ0) is 14.7. The van der Waals surface area contributed by atoms with Crippen LogP contribution in [-0.2, 0) is 4.74 Å². The number of hydrogen-bond donors (Lipinski definition) is 1. The van der Waals surface area contributed by atoms with Gasteiger partial charge in [-0.25, -0.2) is 4.39 Å². The minimum Gasteiger partial charge on any atom is -0.375 e. The summed E-state index contributed by atoms with van der Waals surface area (Å²) >= 11 is 2.03. The number of rotatable bonds is 3. The molecule has 0 saturated carbocycles. The van der Waals surface area contributed by atoms with Gasteiger partial charge in [0.15, 0.2) is 0 Å². The lowest BCUT2D eigenvalue weighted by Gasteiger charge is -2.44. The van der Waals surface area contributed by atoms with Gasteiger partial charge in [0.05, 0.1) is 5.60 Å². The summed E-state index contributed by atoms with van der Waals surface area (Å²) in [6.45, 7) is 2.96. The van der Waals surface area contributed by atoms with Crippen molar-refractivity contribution in [3.8, 4) is 0 Å². The van der Waals surface area contributed by atoms with Gasteiger partial charge in [-0.15, -0.1) is 0 Å². The fourth-order valence-electron chi connectivity index (χ4n) is 3.49. The van der Waals surface area contributed by atoms with Crippen molar-refractivity contribution < 1.29 is 9.13 Å². The van der Waals surface area contributed by atoms with Gasteiger partial charge in [-0.1, -0.05) is 12.1 Å². The van der Waals surface area contributed by atoms with E-state index in [9.17, 15) is 4.39 Å². The molecule has 116 valence electrons. The summed E-state index contributed by atoms with van der Waals surface area (Å²) in [6, 6.07) is 7.56. The maximum atomic E-state index is 13.3. The van der Waals surface area contributed by atoms with E-state index < -0.39 is 0 Å². The first kappa shape index (κ1) is 15.3. The first-order valence-corrected chi connectivity index (χ1v) is 9.06. The smallest absolute Gasteiger partial charge is 0.123 e. The van der Waals surface area contributed by atoms with Crippen molar-refractivity contribution in [2.45, 2.75) is 50.3 Å². The second-order valence-electron chi connectivity index (χ2n) is 6.28. The Kier molecular flexibility index (Phi) is 4.87. The van der Waals surface area contributed by atoms with E-state index in [0.29, 0.717) is 6.04 Å². The molecule has 1 aromatic rings. The Hall–Kier alpha value is -0.580. The summed E-state index contributed by atoms with van der Waals surface area (Å²) in [6.07, 6.45) is 4.48. The lowest BCUT2D eigenvalue weighted by atomic mass is 9.85. The highest BCUT2D eigenvalue weighted by Crippen LogP contribution is 2.38. The molecule has 0 bridgehead atoms. The van der Waals surface area contributed by atoms with Crippen molar-refractivity contribution in [1.82, 2.24) is 5.32 Å². The Morgan fingerprint density at radius 3 is 2.95 bits per heavy atom. The molecule has 2 aliphatic rings. The third-order valence-electron chi connectivity index (χ3n) is 4.73. The quantitative estimate of drug-likeness (QED) is 0.914. The average molecular weight is 309 g/mol. The van der Waals surface area contributed by atoms with Gasteiger partial charge in [-0.3, -0.25) is 0 Å². The molecule has 0 amide bonds. The molecule has 2 nitrogen and oxygen atoms in total. The fourth-order valence-corrected chi connectivity index (χ4v) is 4.72.